The molecule has 1 N–H and O–H groups in total. The quantitative estimate of drug-likeness (QED) is 0.751. The summed E-state index contributed by atoms with van der Waals surface area (Å²) in [7, 11) is 2.21. The molecule has 114 valence electrons. The van der Waals surface area contributed by atoms with Crippen LogP contribution in [0.1, 0.15) is 31.9 Å². The first kappa shape index (κ1) is 17.5. The van der Waals surface area contributed by atoms with Crippen molar-refractivity contribution in [2.75, 3.05) is 25.6 Å². The predicted molar refractivity (Wildman–Crippen MR) is 92.6 cm³/mol. The molecule has 0 radical (unpaired) electrons. The lowest BCUT2D eigenvalue weighted by molar-refractivity contribution is 0.270. The molecule has 0 aliphatic heterocycles. The fraction of sp³-hybridized carbons (Fsp3) is 0.647. The molecule has 0 spiro atoms. The second kappa shape index (κ2) is 9.43. The van der Waals surface area contributed by atoms with E-state index in [1.807, 2.05) is 11.8 Å². The third-order valence-corrected chi connectivity index (χ3v) is 4.40. The van der Waals surface area contributed by atoms with Gasteiger partial charge >= 0.3 is 0 Å². The molecule has 1 rings (SSSR count). The van der Waals surface area contributed by atoms with Gasteiger partial charge in [-0.15, -0.1) is 0 Å². The van der Waals surface area contributed by atoms with Gasteiger partial charge in [-0.1, -0.05) is 38.1 Å². The van der Waals surface area contributed by atoms with E-state index in [2.05, 4.69) is 68.6 Å². The molecule has 20 heavy (non-hydrogen) atoms. The Balaban J connectivity index is 2.41. The first-order valence-electron chi connectivity index (χ1n) is 7.53. The van der Waals surface area contributed by atoms with Gasteiger partial charge in [0.15, 0.2) is 0 Å². The van der Waals surface area contributed by atoms with E-state index in [4.69, 9.17) is 0 Å². The number of benzene rings is 1. The SMILES string of the molecule is CSCC(C)N(C)Cc1ccc(CCNC(C)C)cc1. The standard InChI is InChI=1S/C17H30N2S/c1-14(2)18-11-10-16-6-8-17(9-7-16)12-19(4)15(3)13-20-5/h6-9,14-15,18H,10-13H2,1-5H3. The van der Waals surface area contributed by atoms with E-state index in [1.165, 1.54) is 16.9 Å². The van der Waals surface area contributed by atoms with Crippen LogP contribution in [0, 0.1) is 0 Å². The molecule has 0 aliphatic rings. The van der Waals surface area contributed by atoms with Crippen LogP contribution in [0.3, 0.4) is 0 Å². The van der Waals surface area contributed by atoms with Crippen LogP contribution in [-0.2, 0) is 13.0 Å². The number of hydrogen-bond acceptors (Lipinski definition) is 3. The van der Waals surface area contributed by atoms with E-state index in [0.29, 0.717) is 12.1 Å². The van der Waals surface area contributed by atoms with Crippen LogP contribution in [0.4, 0.5) is 0 Å². The number of hydrogen-bond donors (Lipinski definition) is 1. The van der Waals surface area contributed by atoms with Crippen molar-refractivity contribution < 1.29 is 0 Å². The van der Waals surface area contributed by atoms with Crippen LogP contribution in [-0.4, -0.2) is 42.6 Å². The maximum absolute atomic E-state index is 3.46. The largest absolute Gasteiger partial charge is 0.314 e. The van der Waals surface area contributed by atoms with Crippen molar-refractivity contribution in [1.82, 2.24) is 10.2 Å². The monoisotopic (exact) mass is 294 g/mol. The lowest BCUT2D eigenvalue weighted by Gasteiger charge is -2.24. The van der Waals surface area contributed by atoms with Crippen molar-refractivity contribution in [2.24, 2.45) is 0 Å². The van der Waals surface area contributed by atoms with Crippen LogP contribution in [0.15, 0.2) is 24.3 Å². The summed E-state index contributed by atoms with van der Waals surface area (Å²) in [6.07, 6.45) is 3.28. The minimum absolute atomic E-state index is 0.570. The summed E-state index contributed by atoms with van der Waals surface area (Å²) in [6.45, 7) is 8.76. The normalized spacial score (nSPS) is 13.2. The minimum atomic E-state index is 0.570. The van der Waals surface area contributed by atoms with Crippen LogP contribution in [0.2, 0.25) is 0 Å². The highest BCUT2D eigenvalue weighted by Gasteiger charge is 2.08. The summed E-state index contributed by atoms with van der Waals surface area (Å²) in [4.78, 5) is 2.42. The molecule has 0 saturated carbocycles. The Labute approximate surface area is 129 Å². The van der Waals surface area contributed by atoms with E-state index in [1.54, 1.807) is 0 Å². The van der Waals surface area contributed by atoms with Crippen LogP contribution in [0.5, 0.6) is 0 Å². The van der Waals surface area contributed by atoms with Crippen LogP contribution >= 0.6 is 11.8 Å². The van der Waals surface area contributed by atoms with E-state index < -0.39 is 0 Å². The molecule has 2 nitrogen and oxygen atoms in total. The maximum atomic E-state index is 3.46. The Morgan fingerprint density at radius 2 is 1.70 bits per heavy atom. The predicted octanol–water partition coefficient (Wildman–Crippen LogP) is 3.41. The molecule has 1 atom stereocenters. The second-order valence-corrected chi connectivity index (χ2v) is 6.81. The van der Waals surface area contributed by atoms with E-state index >= 15 is 0 Å². The number of rotatable bonds is 9. The van der Waals surface area contributed by atoms with E-state index in [-0.39, 0.29) is 0 Å². The maximum Gasteiger partial charge on any atom is 0.0233 e. The van der Waals surface area contributed by atoms with Crippen LogP contribution in [0.25, 0.3) is 0 Å². The first-order chi connectivity index (χ1) is 9.52. The van der Waals surface area contributed by atoms with Gasteiger partial charge in [0.2, 0.25) is 0 Å². The third-order valence-electron chi connectivity index (χ3n) is 3.58. The average molecular weight is 295 g/mol. The molecule has 0 amide bonds. The number of nitrogens with one attached hydrogen (secondary N) is 1. The van der Waals surface area contributed by atoms with Crippen molar-refractivity contribution in [1.29, 1.82) is 0 Å². The Morgan fingerprint density at radius 1 is 1.10 bits per heavy atom. The Bertz CT molecular complexity index is 362. The molecule has 0 aliphatic carbocycles. The smallest absolute Gasteiger partial charge is 0.0233 e. The van der Waals surface area contributed by atoms with Crippen molar-refractivity contribution in [3.8, 4) is 0 Å². The third kappa shape index (κ3) is 6.78. The second-order valence-electron chi connectivity index (χ2n) is 5.89. The molecule has 1 unspecified atom stereocenters. The molecular weight excluding hydrogens is 264 g/mol. The first-order valence-corrected chi connectivity index (χ1v) is 8.92. The number of nitrogens with zero attached hydrogens (tertiary/aromatic N) is 1. The molecule has 0 saturated heterocycles. The van der Waals surface area contributed by atoms with E-state index in [0.717, 1.165) is 19.5 Å². The minimum Gasteiger partial charge on any atom is -0.314 e. The van der Waals surface area contributed by atoms with Gasteiger partial charge in [-0.05, 0) is 44.3 Å². The molecule has 1 aromatic rings. The lowest BCUT2D eigenvalue weighted by atomic mass is 10.1. The Morgan fingerprint density at radius 3 is 2.25 bits per heavy atom. The van der Waals surface area contributed by atoms with Gasteiger partial charge in [0.05, 0.1) is 0 Å². The molecule has 0 fully saturated rings. The van der Waals surface area contributed by atoms with Crippen molar-refractivity contribution >= 4 is 11.8 Å². The van der Waals surface area contributed by atoms with Gasteiger partial charge in [-0.25, -0.2) is 0 Å². The van der Waals surface area contributed by atoms with Crippen molar-refractivity contribution in [3.63, 3.8) is 0 Å². The zero-order valence-electron chi connectivity index (χ0n) is 13.6. The molecule has 1 aromatic carbocycles. The summed E-state index contributed by atoms with van der Waals surface area (Å²) in [6, 6.07) is 10.3. The Hall–Kier alpha value is -0.510. The zero-order chi connectivity index (χ0) is 15.0. The van der Waals surface area contributed by atoms with Gasteiger partial charge < -0.3 is 5.32 Å². The topological polar surface area (TPSA) is 15.3 Å². The molecule has 0 bridgehead atoms. The van der Waals surface area contributed by atoms with Crippen molar-refractivity contribution in [3.05, 3.63) is 35.4 Å². The summed E-state index contributed by atoms with van der Waals surface area (Å²) in [5.41, 5.74) is 2.82. The van der Waals surface area contributed by atoms with Gasteiger partial charge in [0.1, 0.15) is 0 Å². The zero-order valence-corrected chi connectivity index (χ0v) is 14.5. The molecular formula is C17H30N2S. The highest BCUT2D eigenvalue weighted by atomic mass is 32.2. The molecule has 0 heterocycles. The van der Waals surface area contributed by atoms with Gasteiger partial charge in [-0.2, -0.15) is 11.8 Å². The van der Waals surface area contributed by atoms with Gasteiger partial charge in [0, 0.05) is 24.4 Å². The van der Waals surface area contributed by atoms with E-state index in [9.17, 15) is 0 Å². The Kier molecular flexibility index (Phi) is 8.27. The summed E-state index contributed by atoms with van der Waals surface area (Å²) < 4.78 is 0. The lowest BCUT2D eigenvalue weighted by Crippen LogP contribution is -2.30. The summed E-state index contributed by atoms with van der Waals surface area (Å²) in [5, 5.41) is 3.46. The fourth-order valence-electron chi connectivity index (χ4n) is 2.13. The summed E-state index contributed by atoms with van der Waals surface area (Å²) >= 11 is 1.91. The molecule has 0 aromatic heterocycles. The fourth-order valence-corrected chi connectivity index (χ4v) is 2.87. The van der Waals surface area contributed by atoms with Gasteiger partial charge in [0.25, 0.3) is 0 Å². The number of thioether (sulfide) groups is 1. The molecule has 3 heteroatoms. The highest BCUT2D eigenvalue weighted by Crippen LogP contribution is 2.11. The van der Waals surface area contributed by atoms with Gasteiger partial charge in [-0.3, -0.25) is 4.90 Å². The highest BCUT2D eigenvalue weighted by molar-refractivity contribution is 7.98. The van der Waals surface area contributed by atoms with Crippen LogP contribution < -0.4 is 5.32 Å². The average Bonchev–Trinajstić information content (AvgIpc) is 2.40. The summed E-state index contributed by atoms with van der Waals surface area (Å²) in [5.74, 6) is 1.19. The van der Waals surface area contributed by atoms with Crippen molar-refractivity contribution in [2.45, 2.75) is 45.8 Å².